The summed E-state index contributed by atoms with van der Waals surface area (Å²) in [5.41, 5.74) is 4.40. The molecule has 3 heteroatoms. The van der Waals surface area contributed by atoms with Crippen LogP contribution >= 0.6 is 0 Å². The predicted molar refractivity (Wildman–Crippen MR) is 97.8 cm³/mol. The maximum absolute atomic E-state index is 11.3. The smallest absolute Gasteiger partial charge is 0.335 e. The van der Waals surface area contributed by atoms with Gasteiger partial charge in [0, 0.05) is 0 Å². The molecule has 0 heterocycles. The molecular formula is C21H26O3. The van der Waals surface area contributed by atoms with Gasteiger partial charge in [0.1, 0.15) is 5.75 Å². The van der Waals surface area contributed by atoms with Crippen LogP contribution in [0.2, 0.25) is 0 Å². The van der Waals surface area contributed by atoms with Crippen molar-refractivity contribution in [2.75, 3.05) is 0 Å². The SMILES string of the molecule is CCCC[C@@H](C)c1cc(O)ccc1-c1ccc(C(=O)O)c(CC)c1. The Kier molecular flexibility index (Phi) is 6.02. The quantitative estimate of drug-likeness (QED) is 0.695. The monoisotopic (exact) mass is 326 g/mol. The van der Waals surface area contributed by atoms with Crippen LogP contribution in [0.4, 0.5) is 0 Å². The molecule has 2 rings (SSSR count). The van der Waals surface area contributed by atoms with Crippen LogP contribution in [0.3, 0.4) is 0 Å². The Morgan fingerprint density at radius 3 is 2.50 bits per heavy atom. The summed E-state index contributed by atoms with van der Waals surface area (Å²) in [4.78, 5) is 11.3. The van der Waals surface area contributed by atoms with E-state index in [2.05, 4.69) is 13.8 Å². The van der Waals surface area contributed by atoms with Gasteiger partial charge in [0.15, 0.2) is 0 Å². The van der Waals surface area contributed by atoms with Crippen molar-refractivity contribution in [3.05, 3.63) is 53.1 Å². The average Bonchev–Trinajstić information content (AvgIpc) is 2.58. The summed E-state index contributed by atoms with van der Waals surface area (Å²) in [5, 5.41) is 19.2. The lowest BCUT2D eigenvalue weighted by Gasteiger charge is -2.18. The van der Waals surface area contributed by atoms with Gasteiger partial charge in [0.2, 0.25) is 0 Å². The Balaban J connectivity index is 2.50. The lowest BCUT2D eigenvalue weighted by molar-refractivity contribution is 0.0695. The second-order valence-electron chi connectivity index (χ2n) is 6.35. The highest BCUT2D eigenvalue weighted by Gasteiger charge is 2.15. The molecule has 0 bridgehead atoms. The van der Waals surface area contributed by atoms with Crippen molar-refractivity contribution < 1.29 is 15.0 Å². The largest absolute Gasteiger partial charge is 0.508 e. The number of carbonyl (C=O) groups is 1. The van der Waals surface area contributed by atoms with Crippen LogP contribution in [0.15, 0.2) is 36.4 Å². The highest BCUT2D eigenvalue weighted by atomic mass is 16.4. The Bertz CT molecular complexity index is 719. The lowest BCUT2D eigenvalue weighted by atomic mass is 9.87. The summed E-state index contributed by atoms with van der Waals surface area (Å²) in [6, 6.07) is 11.0. The van der Waals surface area contributed by atoms with Gasteiger partial charge in [-0.25, -0.2) is 4.79 Å². The van der Waals surface area contributed by atoms with Crippen molar-refractivity contribution in [1.82, 2.24) is 0 Å². The van der Waals surface area contributed by atoms with E-state index in [4.69, 9.17) is 0 Å². The molecule has 0 aromatic heterocycles. The number of carboxylic acids is 1. The number of hydrogen-bond acceptors (Lipinski definition) is 2. The first-order valence-corrected chi connectivity index (χ1v) is 8.67. The molecule has 0 saturated heterocycles. The normalized spacial score (nSPS) is 12.1. The summed E-state index contributed by atoms with van der Waals surface area (Å²) in [5.74, 6) is -0.271. The molecule has 1 atom stereocenters. The molecule has 0 aliphatic heterocycles. The number of benzene rings is 2. The molecule has 0 amide bonds. The fourth-order valence-electron chi connectivity index (χ4n) is 3.15. The van der Waals surface area contributed by atoms with Crippen molar-refractivity contribution in [1.29, 1.82) is 0 Å². The van der Waals surface area contributed by atoms with E-state index in [-0.39, 0.29) is 5.75 Å². The summed E-state index contributed by atoms with van der Waals surface area (Å²) < 4.78 is 0. The third-order valence-electron chi connectivity index (χ3n) is 4.58. The third-order valence-corrected chi connectivity index (χ3v) is 4.58. The zero-order valence-corrected chi connectivity index (χ0v) is 14.7. The van der Waals surface area contributed by atoms with E-state index < -0.39 is 5.97 Å². The molecule has 2 aromatic carbocycles. The maximum Gasteiger partial charge on any atom is 0.335 e. The summed E-state index contributed by atoms with van der Waals surface area (Å²) >= 11 is 0. The number of hydrogen-bond donors (Lipinski definition) is 2. The van der Waals surface area contributed by atoms with Gasteiger partial charge < -0.3 is 10.2 Å². The minimum Gasteiger partial charge on any atom is -0.508 e. The van der Waals surface area contributed by atoms with E-state index in [1.165, 1.54) is 0 Å². The van der Waals surface area contributed by atoms with Gasteiger partial charge in [0.05, 0.1) is 5.56 Å². The molecule has 0 unspecified atom stereocenters. The Hall–Kier alpha value is -2.29. The minimum absolute atomic E-state index is 0.273. The van der Waals surface area contributed by atoms with Crippen LogP contribution < -0.4 is 0 Å². The maximum atomic E-state index is 11.3. The number of unbranched alkanes of at least 4 members (excludes halogenated alkanes) is 1. The van der Waals surface area contributed by atoms with Crippen LogP contribution in [0.5, 0.6) is 5.75 Å². The van der Waals surface area contributed by atoms with Crippen molar-refractivity contribution in [2.24, 2.45) is 0 Å². The highest BCUT2D eigenvalue weighted by molar-refractivity contribution is 5.90. The topological polar surface area (TPSA) is 57.5 Å². The Labute approximate surface area is 144 Å². The lowest BCUT2D eigenvalue weighted by Crippen LogP contribution is -2.03. The summed E-state index contributed by atoms with van der Waals surface area (Å²) in [7, 11) is 0. The zero-order valence-electron chi connectivity index (χ0n) is 14.7. The number of phenols is 1. The van der Waals surface area contributed by atoms with E-state index in [9.17, 15) is 15.0 Å². The van der Waals surface area contributed by atoms with Crippen molar-refractivity contribution in [2.45, 2.75) is 52.4 Å². The van der Waals surface area contributed by atoms with Crippen LogP contribution in [-0.4, -0.2) is 16.2 Å². The molecule has 3 nitrogen and oxygen atoms in total. The molecule has 0 aliphatic carbocycles. The molecule has 2 aromatic rings. The van der Waals surface area contributed by atoms with Crippen molar-refractivity contribution in [3.8, 4) is 16.9 Å². The molecule has 24 heavy (non-hydrogen) atoms. The first-order chi connectivity index (χ1) is 11.5. The van der Waals surface area contributed by atoms with Crippen LogP contribution in [0.25, 0.3) is 11.1 Å². The van der Waals surface area contributed by atoms with Gasteiger partial charge >= 0.3 is 5.97 Å². The van der Waals surface area contributed by atoms with E-state index >= 15 is 0 Å². The number of carboxylic acid groups (broad SMARTS) is 1. The molecule has 0 fully saturated rings. The average molecular weight is 326 g/mol. The standard InChI is InChI=1S/C21H26O3/c1-4-6-7-14(3)20-13-17(22)9-11-18(20)16-8-10-19(21(23)24)15(5-2)12-16/h8-14,22H,4-7H2,1-3H3,(H,23,24)/t14-/m1/s1. The zero-order chi connectivity index (χ0) is 17.7. The number of phenolic OH excluding ortho intramolecular Hbond substituents is 1. The number of rotatable bonds is 7. The van der Waals surface area contributed by atoms with Crippen LogP contribution in [0, 0.1) is 0 Å². The van der Waals surface area contributed by atoms with E-state index in [0.29, 0.717) is 17.9 Å². The fourth-order valence-corrected chi connectivity index (χ4v) is 3.15. The molecule has 128 valence electrons. The van der Waals surface area contributed by atoms with E-state index in [1.54, 1.807) is 12.1 Å². The Morgan fingerprint density at radius 1 is 1.12 bits per heavy atom. The first kappa shape index (κ1) is 18.1. The third kappa shape index (κ3) is 3.97. The molecule has 2 N–H and O–H groups in total. The van der Waals surface area contributed by atoms with Gasteiger partial charge in [-0.15, -0.1) is 0 Å². The van der Waals surface area contributed by atoms with Crippen molar-refractivity contribution in [3.63, 3.8) is 0 Å². The minimum atomic E-state index is -0.888. The highest BCUT2D eigenvalue weighted by Crippen LogP contribution is 2.35. The fraction of sp³-hybridized carbons (Fsp3) is 0.381. The van der Waals surface area contributed by atoms with Gasteiger partial charge in [0.25, 0.3) is 0 Å². The van der Waals surface area contributed by atoms with Gasteiger partial charge in [-0.1, -0.05) is 51.8 Å². The van der Waals surface area contributed by atoms with E-state index in [0.717, 1.165) is 41.5 Å². The predicted octanol–water partition coefficient (Wildman–Crippen LogP) is 5.61. The second kappa shape index (κ2) is 8.00. The molecule has 0 radical (unpaired) electrons. The van der Waals surface area contributed by atoms with E-state index in [1.807, 2.05) is 31.2 Å². The molecular weight excluding hydrogens is 300 g/mol. The molecule has 0 saturated carbocycles. The van der Waals surface area contributed by atoms with Gasteiger partial charge in [-0.05, 0) is 59.2 Å². The first-order valence-electron chi connectivity index (χ1n) is 8.67. The van der Waals surface area contributed by atoms with Gasteiger partial charge in [-0.2, -0.15) is 0 Å². The molecule has 0 spiro atoms. The van der Waals surface area contributed by atoms with Gasteiger partial charge in [-0.3, -0.25) is 0 Å². The number of aromatic carboxylic acids is 1. The van der Waals surface area contributed by atoms with Crippen molar-refractivity contribution >= 4 is 5.97 Å². The number of aryl methyl sites for hydroxylation is 1. The summed E-state index contributed by atoms with van der Waals surface area (Å²) in [6.45, 7) is 6.32. The summed E-state index contributed by atoms with van der Waals surface area (Å²) in [6.07, 6.45) is 4.04. The van der Waals surface area contributed by atoms with Crippen LogP contribution in [0.1, 0.15) is 67.4 Å². The van der Waals surface area contributed by atoms with Crippen LogP contribution in [-0.2, 0) is 6.42 Å². The number of aromatic hydroxyl groups is 1. The second-order valence-corrected chi connectivity index (χ2v) is 6.35. The Morgan fingerprint density at radius 2 is 1.88 bits per heavy atom. The molecule has 0 aliphatic rings.